The van der Waals surface area contributed by atoms with Gasteiger partial charge in [-0.2, -0.15) is 0 Å². The molecule has 0 bridgehead atoms. The van der Waals surface area contributed by atoms with Gasteiger partial charge in [-0.3, -0.25) is 4.79 Å². The molecule has 2 aliphatic heterocycles. The van der Waals surface area contributed by atoms with Gasteiger partial charge in [0.2, 0.25) is 6.79 Å². The molecular weight excluding hydrogens is 382 g/mol. The van der Waals surface area contributed by atoms with Crippen molar-refractivity contribution in [2.45, 2.75) is 32.6 Å². The highest BCUT2D eigenvalue weighted by atomic mass is 16.7. The molecule has 5 rings (SSSR count). The predicted octanol–water partition coefficient (Wildman–Crippen LogP) is 4.63. The van der Waals surface area contributed by atoms with Crippen molar-refractivity contribution in [3.05, 3.63) is 52.7 Å². The van der Waals surface area contributed by atoms with Crippen molar-refractivity contribution in [3.8, 4) is 23.0 Å². The summed E-state index contributed by atoms with van der Waals surface area (Å²) in [6.45, 7) is 4.48. The zero-order valence-corrected chi connectivity index (χ0v) is 17.6. The van der Waals surface area contributed by atoms with E-state index in [1.165, 1.54) is 0 Å². The van der Waals surface area contributed by atoms with E-state index in [0.717, 1.165) is 40.3 Å². The number of nitrogens with one attached hydrogen (secondary N) is 1. The van der Waals surface area contributed by atoms with Crippen LogP contribution in [0.2, 0.25) is 0 Å². The Balaban J connectivity index is 1.72. The summed E-state index contributed by atoms with van der Waals surface area (Å²) in [4.78, 5) is 13.3. The van der Waals surface area contributed by atoms with E-state index in [1.54, 1.807) is 14.2 Å². The van der Waals surface area contributed by atoms with Crippen molar-refractivity contribution >= 4 is 11.5 Å². The smallest absolute Gasteiger partial charge is 0.231 e. The molecule has 1 unspecified atom stereocenters. The Labute approximate surface area is 175 Å². The molecule has 2 heterocycles. The highest BCUT2D eigenvalue weighted by molar-refractivity contribution is 6.01. The molecule has 156 valence electrons. The minimum atomic E-state index is -0.214. The van der Waals surface area contributed by atoms with Gasteiger partial charge >= 0.3 is 0 Å². The number of Topliss-reactive ketones (excluding diaryl/α,β-unsaturated/α-hetero) is 1. The van der Waals surface area contributed by atoms with Crippen LogP contribution in [0.4, 0.5) is 5.69 Å². The second kappa shape index (κ2) is 6.69. The quantitative estimate of drug-likeness (QED) is 0.800. The second-order valence-electron chi connectivity index (χ2n) is 8.80. The largest absolute Gasteiger partial charge is 0.493 e. The van der Waals surface area contributed by atoms with Gasteiger partial charge in [-0.1, -0.05) is 19.9 Å². The van der Waals surface area contributed by atoms with Crippen LogP contribution in [-0.2, 0) is 4.79 Å². The molecule has 0 fully saturated rings. The molecule has 0 saturated heterocycles. The number of ether oxygens (including phenoxy) is 4. The summed E-state index contributed by atoms with van der Waals surface area (Å²) in [6, 6.07) is 9.81. The fourth-order valence-electron chi connectivity index (χ4n) is 4.78. The van der Waals surface area contributed by atoms with Crippen LogP contribution in [0, 0.1) is 5.41 Å². The van der Waals surface area contributed by atoms with Crippen molar-refractivity contribution < 1.29 is 23.7 Å². The molecule has 2 aromatic rings. The van der Waals surface area contributed by atoms with Crippen molar-refractivity contribution in [1.82, 2.24) is 0 Å². The van der Waals surface area contributed by atoms with Crippen molar-refractivity contribution in [1.29, 1.82) is 0 Å². The number of hydrogen-bond acceptors (Lipinski definition) is 6. The van der Waals surface area contributed by atoms with E-state index in [9.17, 15) is 4.79 Å². The van der Waals surface area contributed by atoms with Crippen LogP contribution in [0.5, 0.6) is 23.0 Å². The number of carbonyl (C=O) groups is 1. The zero-order valence-electron chi connectivity index (χ0n) is 17.6. The number of anilines is 1. The van der Waals surface area contributed by atoms with Crippen LogP contribution >= 0.6 is 0 Å². The molecule has 1 atom stereocenters. The summed E-state index contributed by atoms with van der Waals surface area (Å²) in [6.07, 6.45) is 1.34. The van der Waals surface area contributed by atoms with Crippen molar-refractivity contribution in [2.75, 3.05) is 26.3 Å². The number of allylic oxidation sites excluding steroid dienone is 2. The monoisotopic (exact) mass is 407 g/mol. The molecule has 0 radical (unpaired) electrons. The summed E-state index contributed by atoms with van der Waals surface area (Å²) in [5.41, 5.74) is 4.66. The lowest BCUT2D eigenvalue weighted by molar-refractivity contribution is -0.118. The molecular formula is C24H25NO5. The van der Waals surface area contributed by atoms with Gasteiger partial charge in [0.25, 0.3) is 0 Å². The Hall–Kier alpha value is -3.15. The molecule has 6 nitrogen and oxygen atoms in total. The second-order valence-corrected chi connectivity index (χ2v) is 8.80. The topological polar surface area (TPSA) is 66.0 Å². The Kier molecular flexibility index (Phi) is 4.20. The van der Waals surface area contributed by atoms with E-state index in [-0.39, 0.29) is 23.9 Å². The van der Waals surface area contributed by atoms with Crippen molar-refractivity contribution in [2.24, 2.45) is 5.41 Å². The summed E-state index contributed by atoms with van der Waals surface area (Å²) in [7, 11) is 3.24. The summed E-state index contributed by atoms with van der Waals surface area (Å²) in [5.74, 6) is 2.69. The van der Waals surface area contributed by atoms with Crippen LogP contribution in [0.1, 0.15) is 43.7 Å². The first-order valence-electron chi connectivity index (χ1n) is 10.1. The zero-order chi connectivity index (χ0) is 21.0. The third-order valence-electron chi connectivity index (χ3n) is 6.09. The third kappa shape index (κ3) is 2.90. The fraction of sp³-hybridized carbons (Fsp3) is 0.375. The van der Waals surface area contributed by atoms with Gasteiger partial charge in [0.1, 0.15) is 0 Å². The van der Waals surface area contributed by atoms with Gasteiger partial charge in [-0.15, -0.1) is 0 Å². The van der Waals surface area contributed by atoms with E-state index in [1.807, 2.05) is 30.3 Å². The van der Waals surface area contributed by atoms with E-state index in [4.69, 9.17) is 18.9 Å². The molecule has 0 aromatic heterocycles. The van der Waals surface area contributed by atoms with E-state index >= 15 is 0 Å². The summed E-state index contributed by atoms with van der Waals surface area (Å²) < 4.78 is 22.2. The number of carbonyl (C=O) groups excluding carboxylic acids is 1. The highest BCUT2D eigenvalue weighted by Crippen LogP contribution is 2.52. The van der Waals surface area contributed by atoms with Gasteiger partial charge < -0.3 is 24.3 Å². The number of rotatable bonds is 3. The molecule has 1 aliphatic carbocycles. The van der Waals surface area contributed by atoms with Crippen LogP contribution in [0.3, 0.4) is 0 Å². The number of benzene rings is 2. The first-order chi connectivity index (χ1) is 14.4. The van der Waals surface area contributed by atoms with Gasteiger partial charge in [0.15, 0.2) is 28.8 Å². The first-order valence-corrected chi connectivity index (χ1v) is 10.1. The summed E-state index contributed by atoms with van der Waals surface area (Å²) in [5, 5.41) is 3.53. The van der Waals surface area contributed by atoms with Crippen molar-refractivity contribution in [3.63, 3.8) is 0 Å². The first kappa shape index (κ1) is 18.9. The number of ketones is 1. The average Bonchev–Trinajstić information content (AvgIpc) is 3.16. The molecule has 6 heteroatoms. The minimum absolute atomic E-state index is 0.0844. The average molecular weight is 407 g/mol. The number of hydrogen-bond donors (Lipinski definition) is 1. The third-order valence-corrected chi connectivity index (χ3v) is 6.09. The minimum Gasteiger partial charge on any atom is -0.493 e. The maximum atomic E-state index is 13.3. The molecule has 0 spiro atoms. The van der Waals surface area contributed by atoms with Gasteiger partial charge in [0, 0.05) is 35.4 Å². The van der Waals surface area contributed by atoms with Crippen LogP contribution in [0.25, 0.3) is 0 Å². The van der Waals surface area contributed by atoms with E-state index in [0.29, 0.717) is 23.7 Å². The molecule has 1 N–H and O–H groups in total. The van der Waals surface area contributed by atoms with Gasteiger partial charge in [-0.05, 0) is 41.2 Å². The maximum absolute atomic E-state index is 13.3. The lowest BCUT2D eigenvalue weighted by Crippen LogP contribution is -2.33. The van der Waals surface area contributed by atoms with Crippen LogP contribution < -0.4 is 24.3 Å². The lowest BCUT2D eigenvalue weighted by Gasteiger charge is -2.39. The van der Waals surface area contributed by atoms with Gasteiger partial charge in [0.05, 0.1) is 14.2 Å². The fourth-order valence-corrected chi connectivity index (χ4v) is 4.78. The Morgan fingerprint density at radius 2 is 1.73 bits per heavy atom. The lowest BCUT2D eigenvalue weighted by atomic mass is 9.68. The van der Waals surface area contributed by atoms with E-state index < -0.39 is 0 Å². The normalized spacial score (nSPS) is 20.9. The molecule has 2 aromatic carbocycles. The number of fused-ring (bicyclic) bond motifs is 2. The SMILES string of the molecule is COc1ccc(C2C3=C(CC(C)(C)CC3=O)Nc3cc4c(cc32)OCO4)cc1OC. The Bertz CT molecular complexity index is 1090. The van der Waals surface area contributed by atoms with Gasteiger partial charge in [-0.25, -0.2) is 0 Å². The molecule has 0 saturated carbocycles. The van der Waals surface area contributed by atoms with E-state index in [2.05, 4.69) is 19.2 Å². The van der Waals surface area contributed by atoms with Crippen LogP contribution in [0.15, 0.2) is 41.6 Å². The maximum Gasteiger partial charge on any atom is 0.231 e. The summed E-state index contributed by atoms with van der Waals surface area (Å²) >= 11 is 0. The van der Waals surface area contributed by atoms with Crippen LogP contribution in [-0.4, -0.2) is 26.8 Å². The standard InChI is InChI=1S/C24H25NO5/c1-24(2)10-16-23(17(26)11-24)22(13-5-6-18(27-3)19(7-13)28-4)14-8-20-21(30-12-29-20)9-15(14)25-16/h5-9,22,25H,10-12H2,1-4H3. The number of methoxy groups -OCH3 is 2. The Morgan fingerprint density at radius 3 is 2.47 bits per heavy atom. The molecule has 30 heavy (non-hydrogen) atoms. The highest BCUT2D eigenvalue weighted by Gasteiger charge is 2.41. The molecule has 0 amide bonds. The molecule has 3 aliphatic rings. The predicted molar refractivity (Wildman–Crippen MR) is 113 cm³/mol. The Morgan fingerprint density at radius 1 is 1.00 bits per heavy atom.